The van der Waals surface area contributed by atoms with Gasteiger partial charge in [-0.3, -0.25) is 14.9 Å². The van der Waals surface area contributed by atoms with Crippen LogP contribution < -0.4 is 10.2 Å². The van der Waals surface area contributed by atoms with Crippen LogP contribution in [0, 0.1) is 10.1 Å². The highest BCUT2D eigenvalue weighted by Crippen LogP contribution is 2.14. The maximum Gasteiger partial charge on any atom is 0.271 e. The largest absolute Gasteiger partial charge is 0.497 e. The van der Waals surface area contributed by atoms with E-state index in [1.54, 1.807) is 7.11 Å². The molecule has 0 heterocycles. The van der Waals surface area contributed by atoms with Crippen molar-refractivity contribution in [2.24, 2.45) is 5.10 Å². The van der Waals surface area contributed by atoms with E-state index in [9.17, 15) is 14.9 Å². The van der Waals surface area contributed by atoms with Crippen molar-refractivity contribution >= 4 is 17.3 Å². The molecule has 2 aromatic carbocycles. The molecule has 0 saturated carbocycles. The molecule has 1 amide bonds. The zero-order valence-corrected chi connectivity index (χ0v) is 13.4. The molecule has 7 nitrogen and oxygen atoms in total. The zero-order valence-electron chi connectivity index (χ0n) is 13.4. The summed E-state index contributed by atoms with van der Waals surface area (Å²) in [7, 11) is 1.59. The fourth-order valence-electron chi connectivity index (χ4n) is 2.07. The molecule has 124 valence electrons. The lowest BCUT2D eigenvalue weighted by Crippen LogP contribution is -2.20. The molecule has 0 aliphatic rings. The van der Waals surface area contributed by atoms with Crippen molar-refractivity contribution in [2.45, 2.75) is 13.3 Å². The van der Waals surface area contributed by atoms with Gasteiger partial charge in [-0.25, -0.2) is 5.43 Å². The third-order valence-corrected chi connectivity index (χ3v) is 3.37. The molecule has 0 aliphatic carbocycles. The van der Waals surface area contributed by atoms with Gasteiger partial charge in [-0.1, -0.05) is 13.0 Å². The number of amides is 1. The maximum absolute atomic E-state index is 12.1. The van der Waals surface area contributed by atoms with Gasteiger partial charge in [0.25, 0.3) is 11.6 Å². The van der Waals surface area contributed by atoms with Crippen molar-refractivity contribution < 1.29 is 14.5 Å². The van der Waals surface area contributed by atoms with Gasteiger partial charge >= 0.3 is 0 Å². The Bertz CT molecular complexity index is 770. The quantitative estimate of drug-likeness (QED) is 0.501. The fourth-order valence-corrected chi connectivity index (χ4v) is 2.07. The highest BCUT2D eigenvalue weighted by Gasteiger charge is 2.11. The van der Waals surface area contributed by atoms with Crippen molar-refractivity contribution in [3.05, 3.63) is 69.8 Å². The summed E-state index contributed by atoms with van der Waals surface area (Å²) in [6, 6.07) is 12.8. The normalized spacial score (nSPS) is 11.0. The Hall–Kier alpha value is -3.22. The lowest BCUT2D eigenvalue weighted by molar-refractivity contribution is -0.384. The first-order chi connectivity index (χ1) is 11.5. The number of ether oxygens (including phenoxy) is 1. The van der Waals surface area contributed by atoms with E-state index in [1.165, 1.54) is 24.3 Å². The number of carbonyl (C=O) groups excluding carboxylic acids is 1. The predicted octanol–water partition coefficient (Wildman–Crippen LogP) is 3.15. The standard InChI is InChI=1S/C17H17N3O4/c1-3-16(12-7-9-15(24-2)10-8-12)18-19-17(21)13-5-4-6-14(11-13)20(22)23/h4-11H,3H2,1-2H3,(H,19,21)/b18-16-. The molecule has 7 heteroatoms. The second-order valence-electron chi connectivity index (χ2n) is 4.89. The van der Waals surface area contributed by atoms with Crippen molar-refractivity contribution in [3.63, 3.8) is 0 Å². The number of non-ortho nitro benzene ring substituents is 1. The predicted molar refractivity (Wildman–Crippen MR) is 90.4 cm³/mol. The second kappa shape index (κ2) is 7.87. The number of nitro groups is 1. The first-order valence-corrected chi connectivity index (χ1v) is 7.31. The van der Waals surface area contributed by atoms with Gasteiger partial charge in [-0.15, -0.1) is 0 Å². The molecule has 0 spiro atoms. The lowest BCUT2D eigenvalue weighted by atomic mass is 10.1. The van der Waals surface area contributed by atoms with E-state index < -0.39 is 10.8 Å². The Morgan fingerprint density at radius 2 is 1.92 bits per heavy atom. The first kappa shape index (κ1) is 17.1. The molecule has 0 aromatic heterocycles. The Kier molecular flexibility index (Phi) is 5.62. The Morgan fingerprint density at radius 3 is 2.50 bits per heavy atom. The minimum absolute atomic E-state index is 0.141. The molecule has 0 saturated heterocycles. The van der Waals surface area contributed by atoms with Crippen LogP contribution in [0.1, 0.15) is 29.3 Å². The number of carbonyl (C=O) groups is 1. The molecule has 0 fully saturated rings. The van der Waals surface area contributed by atoms with Crippen LogP contribution in [0.25, 0.3) is 0 Å². The molecule has 0 unspecified atom stereocenters. The van der Waals surface area contributed by atoms with Crippen LogP contribution in [0.15, 0.2) is 53.6 Å². The summed E-state index contributed by atoms with van der Waals surface area (Å²) >= 11 is 0. The number of nitrogens with one attached hydrogen (secondary N) is 1. The molecular weight excluding hydrogens is 310 g/mol. The second-order valence-corrected chi connectivity index (χ2v) is 4.89. The minimum Gasteiger partial charge on any atom is -0.497 e. The topological polar surface area (TPSA) is 93.8 Å². The van der Waals surface area contributed by atoms with Gasteiger partial charge in [-0.2, -0.15) is 5.10 Å². The maximum atomic E-state index is 12.1. The highest BCUT2D eigenvalue weighted by atomic mass is 16.6. The van der Waals surface area contributed by atoms with Crippen molar-refractivity contribution in [1.82, 2.24) is 5.43 Å². The Labute approximate surface area is 139 Å². The van der Waals surface area contributed by atoms with Gasteiger partial charge in [0.05, 0.1) is 17.7 Å². The number of benzene rings is 2. The number of nitro benzene ring substituents is 1. The molecule has 2 rings (SSSR count). The van der Waals surface area contributed by atoms with Crippen LogP contribution in [0.3, 0.4) is 0 Å². The summed E-state index contributed by atoms with van der Waals surface area (Å²) in [5.41, 5.74) is 4.03. The van der Waals surface area contributed by atoms with Crippen LogP contribution >= 0.6 is 0 Å². The van der Waals surface area contributed by atoms with Crippen LogP contribution in [0.4, 0.5) is 5.69 Å². The number of rotatable bonds is 6. The number of hydrogen-bond acceptors (Lipinski definition) is 5. The van der Waals surface area contributed by atoms with Crippen LogP contribution in [0.2, 0.25) is 0 Å². The van der Waals surface area contributed by atoms with E-state index in [2.05, 4.69) is 10.5 Å². The van der Waals surface area contributed by atoms with E-state index in [-0.39, 0.29) is 11.3 Å². The summed E-state index contributed by atoms with van der Waals surface area (Å²) in [5, 5.41) is 14.9. The average molecular weight is 327 g/mol. The Balaban J connectivity index is 2.15. The van der Waals surface area contributed by atoms with Gasteiger partial charge in [0.1, 0.15) is 5.75 Å². The molecule has 0 atom stereocenters. The molecule has 1 N–H and O–H groups in total. The molecular formula is C17H17N3O4. The SMILES string of the molecule is CC/C(=N/NC(=O)c1cccc([N+](=O)[O-])c1)c1ccc(OC)cc1. The van der Waals surface area contributed by atoms with Gasteiger partial charge in [-0.05, 0) is 42.3 Å². The molecule has 24 heavy (non-hydrogen) atoms. The van der Waals surface area contributed by atoms with E-state index in [1.807, 2.05) is 31.2 Å². The molecule has 0 aliphatic heterocycles. The molecule has 0 radical (unpaired) electrons. The van der Waals surface area contributed by atoms with Crippen LogP contribution in [-0.2, 0) is 0 Å². The third-order valence-electron chi connectivity index (χ3n) is 3.37. The minimum atomic E-state index is -0.547. The summed E-state index contributed by atoms with van der Waals surface area (Å²) in [6.07, 6.45) is 0.613. The number of hydrogen-bond donors (Lipinski definition) is 1. The fraction of sp³-hybridized carbons (Fsp3) is 0.176. The van der Waals surface area contributed by atoms with Crippen LogP contribution in [0.5, 0.6) is 5.75 Å². The Morgan fingerprint density at radius 1 is 1.21 bits per heavy atom. The van der Waals surface area contributed by atoms with Crippen molar-refractivity contribution in [2.75, 3.05) is 7.11 Å². The summed E-state index contributed by atoms with van der Waals surface area (Å²) in [5.74, 6) is 0.230. The van der Waals surface area contributed by atoms with Gasteiger partial charge in [0.15, 0.2) is 0 Å². The van der Waals surface area contributed by atoms with E-state index in [0.717, 1.165) is 11.3 Å². The third kappa shape index (κ3) is 4.16. The zero-order chi connectivity index (χ0) is 17.5. The van der Waals surface area contributed by atoms with E-state index in [4.69, 9.17) is 4.74 Å². The number of methoxy groups -OCH3 is 1. The highest BCUT2D eigenvalue weighted by molar-refractivity contribution is 6.02. The molecule has 2 aromatic rings. The first-order valence-electron chi connectivity index (χ1n) is 7.31. The van der Waals surface area contributed by atoms with Crippen molar-refractivity contribution in [1.29, 1.82) is 0 Å². The van der Waals surface area contributed by atoms with Crippen molar-refractivity contribution in [3.8, 4) is 5.75 Å². The number of nitrogens with zero attached hydrogens (tertiary/aromatic N) is 2. The van der Waals surface area contributed by atoms with E-state index in [0.29, 0.717) is 12.1 Å². The summed E-state index contributed by atoms with van der Waals surface area (Å²) in [4.78, 5) is 22.3. The number of hydrazone groups is 1. The van der Waals surface area contributed by atoms with E-state index >= 15 is 0 Å². The summed E-state index contributed by atoms with van der Waals surface area (Å²) in [6.45, 7) is 1.92. The lowest BCUT2D eigenvalue weighted by Gasteiger charge is -2.06. The summed E-state index contributed by atoms with van der Waals surface area (Å²) < 4.78 is 5.10. The smallest absolute Gasteiger partial charge is 0.271 e. The van der Waals surface area contributed by atoms with Gasteiger partial charge in [0.2, 0.25) is 0 Å². The average Bonchev–Trinajstić information content (AvgIpc) is 2.62. The van der Waals surface area contributed by atoms with Gasteiger partial charge < -0.3 is 4.74 Å². The van der Waals surface area contributed by atoms with Crippen LogP contribution in [-0.4, -0.2) is 23.7 Å². The monoisotopic (exact) mass is 327 g/mol. The molecule has 0 bridgehead atoms. The van der Waals surface area contributed by atoms with Gasteiger partial charge in [0, 0.05) is 17.7 Å².